The first-order valence-corrected chi connectivity index (χ1v) is 7.13. The average Bonchev–Trinajstić information content (AvgIpc) is 3.09. The number of hydrogen-bond acceptors (Lipinski definition) is 4. The molecule has 1 saturated carbocycles. The van der Waals surface area contributed by atoms with Crippen LogP contribution in [0, 0.1) is 5.92 Å². The van der Waals surface area contributed by atoms with Gasteiger partial charge in [0, 0.05) is 12.6 Å². The first-order valence-electron chi connectivity index (χ1n) is 7.13. The average molecular weight is 271 g/mol. The van der Waals surface area contributed by atoms with Gasteiger partial charge in [0.15, 0.2) is 0 Å². The summed E-state index contributed by atoms with van der Waals surface area (Å²) in [5.41, 5.74) is 0. The largest absolute Gasteiger partial charge is 0.389 e. The molecular formula is C13H25N3O3. The Kier molecular flexibility index (Phi) is 5.01. The maximum atomic E-state index is 11.4. The number of urea groups is 1. The minimum atomic E-state index is -0.557. The molecule has 0 radical (unpaired) electrons. The van der Waals surface area contributed by atoms with E-state index in [2.05, 4.69) is 16.0 Å². The Morgan fingerprint density at radius 2 is 2.11 bits per heavy atom. The molecule has 2 amide bonds. The third-order valence-electron chi connectivity index (χ3n) is 3.53. The van der Waals surface area contributed by atoms with Gasteiger partial charge in [0.25, 0.3) is 0 Å². The highest BCUT2D eigenvalue weighted by Crippen LogP contribution is 2.28. The maximum absolute atomic E-state index is 11.4. The molecule has 1 aliphatic carbocycles. The second kappa shape index (κ2) is 6.54. The van der Waals surface area contributed by atoms with E-state index in [0.29, 0.717) is 13.2 Å². The van der Waals surface area contributed by atoms with E-state index in [1.54, 1.807) is 0 Å². The van der Waals surface area contributed by atoms with Gasteiger partial charge in [0.2, 0.25) is 0 Å². The minimum absolute atomic E-state index is 0.0134. The van der Waals surface area contributed by atoms with Crippen LogP contribution in [-0.2, 0) is 4.74 Å². The monoisotopic (exact) mass is 271 g/mol. The van der Waals surface area contributed by atoms with Crippen LogP contribution in [-0.4, -0.2) is 55.1 Å². The van der Waals surface area contributed by atoms with Crippen LogP contribution in [0.25, 0.3) is 0 Å². The van der Waals surface area contributed by atoms with Crippen LogP contribution >= 0.6 is 0 Å². The summed E-state index contributed by atoms with van der Waals surface area (Å²) in [5.74, 6) is 0.779. The van der Waals surface area contributed by atoms with E-state index >= 15 is 0 Å². The number of ether oxygens (including phenoxy) is 1. The molecule has 0 unspecified atom stereocenters. The molecule has 2 rings (SSSR count). The highest BCUT2D eigenvalue weighted by molar-refractivity contribution is 5.74. The minimum Gasteiger partial charge on any atom is -0.389 e. The van der Waals surface area contributed by atoms with E-state index in [0.717, 1.165) is 12.5 Å². The van der Waals surface area contributed by atoms with Crippen LogP contribution in [0.1, 0.15) is 26.7 Å². The summed E-state index contributed by atoms with van der Waals surface area (Å²) in [4.78, 5) is 11.4. The van der Waals surface area contributed by atoms with Crippen molar-refractivity contribution in [2.24, 2.45) is 5.92 Å². The fourth-order valence-electron chi connectivity index (χ4n) is 2.19. The van der Waals surface area contributed by atoms with E-state index in [-0.39, 0.29) is 24.2 Å². The Balaban J connectivity index is 1.65. The molecule has 2 fully saturated rings. The molecule has 3 atom stereocenters. The van der Waals surface area contributed by atoms with Crippen molar-refractivity contribution in [3.8, 4) is 0 Å². The zero-order chi connectivity index (χ0) is 13.8. The maximum Gasteiger partial charge on any atom is 0.315 e. The van der Waals surface area contributed by atoms with E-state index < -0.39 is 6.10 Å². The lowest BCUT2D eigenvalue weighted by Crippen LogP contribution is -2.47. The Bertz CT molecular complexity index is 308. The first kappa shape index (κ1) is 14.6. The third-order valence-corrected chi connectivity index (χ3v) is 3.53. The summed E-state index contributed by atoms with van der Waals surface area (Å²) in [6.45, 7) is 5.60. The summed E-state index contributed by atoms with van der Waals surface area (Å²) in [6.07, 6.45) is 1.70. The molecule has 110 valence electrons. The van der Waals surface area contributed by atoms with E-state index in [1.165, 1.54) is 12.8 Å². The van der Waals surface area contributed by atoms with Crippen LogP contribution in [0.3, 0.4) is 0 Å². The number of aliphatic hydroxyl groups excluding tert-OH is 1. The number of carbonyl (C=O) groups is 1. The predicted molar refractivity (Wildman–Crippen MR) is 71.9 cm³/mol. The second-order valence-electron chi connectivity index (χ2n) is 5.83. The molecule has 6 heteroatoms. The second-order valence-corrected chi connectivity index (χ2v) is 5.83. The lowest BCUT2D eigenvalue weighted by molar-refractivity contribution is 0.0425. The number of carbonyl (C=O) groups excluding carboxylic acids is 1. The highest BCUT2D eigenvalue weighted by Gasteiger charge is 2.36. The molecule has 0 spiro atoms. The molecule has 19 heavy (non-hydrogen) atoms. The highest BCUT2D eigenvalue weighted by atomic mass is 16.5. The van der Waals surface area contributed by atoms with Crippen molar-refractivity contribution in [1.82, 2.24) is 16.0 Å². The van der Waals surface area contributed by atoms with Crippen molar-refractivity contribution in [2.75, 3.05) is 19.7 Å². The van der Waals surface area contributed by atoms with E-state index in [4.69, 9.17) is 4.74 Å². The van der Waals surface area contributed by atoms with Gasteiger partial charge in [-0.05, 0) is 39.2 Å². The van der Waals surface area contributed by atoms with Crippen LogP contribution in [0.2, 0.25) is 0 Å². The van der Waals surface area contributed by atoms with Crippen LogP contribution in [0.4, 0.5) is 4.79 Å². The SMILES string of the molecule is CC(C)NC(=O)NC[C@H]1OC[C@@H](NCC2CC2)[C@@H]1O. The number of amides is 2. The van der Waals surface area contributed by atoms with Gasteiger partial charge in [0.05, 0.1) is 18.8 Å². The lowest BCUT2D eigenvalue weighted by atomic mass is 10.1. The van der Waals surface area contributed by atoms with Gasteiger partial charge in [-0.2, -0.15) is 0 Å². The summed E-state index contributed by atoms with van der Waals surface area (Å²) in [6, 6.07) is -0.136. The molecule has 1 heterocycles. The van der Waals surface area contributed by atoms with Crippen molar-refractivity contribution in [1.29, 1.82) is 0 Å². The molecule has 1 aliphatic heterocycles. The Morgan fingerprint density at radius 3 is 2.74 bits per heavy atom. The third kappa shape index (κ3) is 4.63. The molecular weight excluding hydrogens is 246 g/mol. The molecule has 0 bridgehead atoms. The lowest BCUT2D eigenvalue weighted by Gasteiger charge is -2.19. The number of nitrogens with one attached hydrogen (secondary N) is 3. The zero-order valence-corrected chi connectivity index (χ0v) is 11.7. The summed E-state index contributed by atoms with van der Waals surface area (Å²) < 4.78 is 5.53. The van der Waals surface area contributed by atoms with Gasteiger partial charge in [-0.1, -0.05) is 0 Å². The Labute approximate surface area is 114 Å². The number of rotatable bonds is 6. The predicted octanol–water partition coefficient (Wildman–Crippen LogP) is -0.178. The molecule has 1 saturated heterocycles. The van der Waals surface area contributed by atoms with Crippen LogP contribution < -0.4 is 16.0 Å². The van der Waals surface area contributed by atoms with Gasteiger partial charge in [-0.3, -0.25) is 0 Å². The number of aliphatic hydroxyl groups is 1. The molecule has 2 aliphatic rings. The normalized spacial score (nSPS) is 30.6. The van der Waals surface area contributed by atoms with Crippen LogP contribution in [0.15, 0.2) is 0 Å². The van der Waals surface area contributed by atoms with Crippen molar-refractivity contribution >= 4 is 6.03 Å². The molecule has 0 aromatic rings. The Hall–Kier alpha value is -0.850. The molecule has 0 aromatic heterocycles. The summed E-state index contributed by atoms with van der Waals surface area (Å²) in [5, 5.41) is 18.9. The smallest absolute Gasteiger partial charge is 0.315 e. The van der Waals surface area contributed by atoms with E-state index in [1.807, 2.05) is 13.8 Å². The summed E-state index contributed by atoms with van der Waals surface area (Å²) in [7, 11) is 0. The zero-order valence-electron chi connectivity index (χ0n) is 11.7. The van der Waals surface area contributed by atoms with Gasteiger partial charge >= 0.3 is 6.03 Å². The van der Waals surface area contributed by atoms with Crippen molar-refractivity contribution in [3.63, 3.8) is 0 Å². The van der Waals surface area contributed by atoms with Crippen molar-refractivity contribution in [2.45, 2.75) is 51.0 Å². The summed E-state index contributed by atoms with van der Waals surface area (Å²) >= 11 is 0. The molecule has 4 N–H and O–H groups in total. The van der Waals surface area contributed by atoms with E-state index in [9.17, 15) is 9.90 Å². The quantitative estimate of drug-likeness (QED) is 0.540. The van der Waals surface area contributed by atoms with Crippen molar-refractivity contribution < 1.29 is 14.6 Å². The molecule has 0 aromatic carbocycles. The fourth-order valence-corrected chi connectivity index (χ4v) is 2.19. The molecule has 6 nitrogen and oxygen atoms in total. The van der Waals surface area contributed by atoms with Crippen LogP contribution in [0.5, 0.6) is 0 Å². The first-order chi connectivity index (χ1) is 9.06. The topological polar surface area (TPSA) is 82.6 Å². The van der Waals surface area contributed by atoms with Gasteiger partial charge in [-0.25, -0.2) is 4.79 Å². The fraction of sp³-hybridized carbons (Fsp3) is 0.923. The number of hydrogen-bond donors (Lipinski definition) is 4. The standard InChI is InChI=1S/C13H25N3O3/c1-8(2)16-13(18)15-6-11-12(17)10(7-19-11)14-5-9-3-4-9/h8-12,14,17H,3-7H2,1-2H3,(H2,15,16,18)/t10-,11-,12+/m1/s1. The van der Waals surface area contributed by atoms with Gasteiger partial charge < -0.3 is 25.8 Å². The van der Waals surface area contributed by atoms with Crippen molar-refractivity contribution in [3.05, 3.63) is 0 Å². The van der Waals surface area contributed by atoms with Gasteiger partial charge in [0.1, 0.15) is 6.10 Å². The van der Waals surface area contributed by atoms with Gasteiger partial charge in [-0.15, -0.1) is 0 Å². The Morgan fingerprint density at radius 1 is 1.37 bits per heavy atom.